The molecule has 0 amide bonds. The molecule has 0 unspecified atom stereocenters. The number of hydrogen-bond acceptors (Lipinski definition) is 5. The summed E-state index contributed by atoms with van der Waals surface area (Å²) in [7, 11) is -3.86. The lowest BCUT2D eigenvalue weighted by Crippen LogP contribution is -2.46. The number of anilines is 2. The molecule has 31 heavy (non-hydrogen) atoms. The van der Waals surface area contributed by atoms with Crippen molar-refractivity contribution in [3.63, 3.8) is 0 Å². The molecule has 0 radical (unpaired) electrons. The second-order valence-electron chi connectivity index (χ2n) is 8.20. The van der Waals surface area contributed by atoms with Gasteiger partial charge in [0.1, 0.15) is 0 Å². The van der Waals surface area contributed by atoms with Crippen LogP contribution in [-0.4, -0.2) is 57.1 Å². The number of piperazine rings is 1. The van der Waals surface area contributed by atoms with Crippen LogP contribution in [0.25, 0.3) is 0 Å². The molecular weight excluding hydrogens is 414 g/mol. The van der Waals surface area contributed by atoms with Crippen LogP contribution in [-0.2, 0) is 10.0 Å². The summed E-state index contributed by atoms with van der Waals surface area (Å²) in [5.74, 6) is -0.795. The Hall–Kier alpha value is -2.58. The quantitative estimate of drug-likeness (QED) is 0.642. The highest BCUT2D eigenvalue weighted by Gasteiger charge is 2.23. The van der Waals surface area contributed by atoms with Gasteiger partial charge in [0, 0.05) is 26.2 Å². The Balaban J connectivity index is 1.89. The van der Waals surface area contributed by atoms with E-state index >= 15 is 0 Å². The van der Waals surface area contributed by atoms with Crippen LogP contribution in [0.4, 0.5) is 11.4 Å². The van der Waals surface area contributed by atoms with E-state index < -0.39 is 16.0 Å². The van der Waals surface area contributed by atoms with E-state index in [0.29, 0.717) is 11.6 Å². The van der Waals surface area contributed by atoms with E-state index in [1.165, 1.54) is 12.1 Å². The molecule has 1 fully saturated rings. The first-order valence-corrected chi connectivity index (χ1v) is 12.2. The van der Waals surface area contributed by atoms with Gasteiger partial charge in [0.05, 0.1) is 21.8 Å². The molecule has 168 valence electrons. The highest BCUT2D eigenvalue weighted by molar-refractivity contribution is 7.92. The fourth-order valence-electron chi connectivity index (χ4n) is 3.79. The second-order valence-corrected chi connectivity index (χ2v) is 9.88. The molecular formula is C23H31N3O4S. The number of aromatic carboxylic acids is 1. The van der Waals surface area contributed by atoms with Gasteiger partial charge in [0.2, 0.25) is 0 Å². The maximum atomic E-state index is 13.1. The van der Waals surface area contributed by atoms with Crippen molar-refractivity contribution >= 4 is 27.4 Å². The molecule has 2 aromatic rings. The Morgan fingerprint density at radius 2 is 1.71 bits per heavy atom. The predicted molar refractivity (Wildman–Crippen MR) is 124 cm³/mol. The van der Waals surface area contributed by atoms with Crippen molar-refractivity contribution in [2.75, 3.05) is 42.3 Å². The van der Waals surface area contributed by atoms with Crippen molar-refractivity contribution < 1.29 is 18.3 Å². The summed E-state index contributed by atoms with van der Waals surface area (Å²) in [5.41, 5.74) is 2.08. The molecule has 1 heterocycles. The van der Waals surface area contributed by atoms with Crippen molar-refractivity contribution in [1.29, 1.82) is 0 Å². The summed E-state index contributed by atoms with van der Waals surface area (Å²) in [4.78, 5) is 16.1. The van der Waals surface area contributed by atoms with E-state index in [2.05, 4.69) is 21.4 Å². The maximum Gasteiger partial charge on any atom is 0.335 e. The third kappa shape index (κ3) is 5.57. The highest BCUT2D eigenvalue weighted by Crippen LogP contribution is 2.31. The van der Waals surface area contributed by atoms with Crippen LogP contribution in [0, 0.1) is 0 Å². The van der Waals surface area contributed by atoms with Gasteiger partial charge >= 0.3 is 5.97 Å². The van der Waals surface area contributed by atoms with Crippen molar-refractivity contribution in [2.24, 2.45) is 0 Å². The zero-order valence-electron chi connectivity index (χ0n) is 18.3. The third-order valence-corrected chi connectivity index (χ3v) is 6.98. The summed E-state index contributed by atoms with van der Waals surface area (Å²) in [6, 6.07) is 11.4. The van der Waals surface area contributed by atoms with Gasteiger partial charge in [-0.25, -0.2) is 13.2 Å². The standard InChI is InChI=1S/C23H31N3O4S/c1-4-11-25-12-14-26(15-13-25)22-10-7-19(23(27)28)16-21(22)24-31(29,30)20-8-5-18(6-9-20)17(2)3/h5-10,16-17,24H,4,11-15H2,1-3H3,(H,27,28). The van der Waals surface area contributed by atoms with Gasteiger partial charge in [-0.1, -0.05) is 32.9 Å². The lowest BCUT2D eigenvalue weighted by Gasteiger charge is -2.37. The van der Waals surface area contributed by atoms with E-state index in [1.807, 2.05) is 13.8 Å². The molecule has 0 aromatic heterocycles. The van der Waals surface area contributed by atoms with Gasteiger partial charge in [0.25, 0.3) is 10.0 Å². The second kappa shape index (κ2) is 9.70. The van der Waals surface area contributed by atoms with Gasteiger partial charge in [-0.05, 0) is 54.8 Å². The van der Waals surface area contributed by atoms with Crippen molar-refractivity contribution in [2.45, 2.75) is 38.0 Å². The highest BCUT2D eigenvalue weighted by atomic mass is 32.2. The van der Waals surface area contributed by atoms with Crippen LogP contribution < -0.4 is 9.62 Å². The average Bonchev–Trinajstić information content (AvgIpc) is 2.74. The molecule has 1 aliphatic heterocycles. The van der Waals surface area contributed by atoms with E-state index in [9.17, 15) is 18.3 Å². The molecule has 0 aliphatic carbocycles. The Morgan fingerprint density at radius 3 is 2.26 bits per heavy atom. The van der Waals surface area contributed by atoms with Gasteiger partial charge < -0.3 is 10.0 Å². The topological polar surface area (TPSA) is 89.9 Å². The molecule has 0 spiro atoms. The van der Waals surface area contributed by atoms with Gasteiger partial charge in [-0.15, -0.1) is 0 Å². The number of nitrogens with one attached hydrogen (secondary N) is 1. The Morgan fingerprint density at radius 1 is 1.06 bits per heavy atom. The molecule has 0 atom stereocenters. The summed E-state index contributed by atoms with van der Waals surface area (Å²) in [6.45, 7) is 10.6. The molecule has 8 heteroatoms. The molecule has 7 nitrogen and oxygen atoms in total. The zero-order valence-corrected chi connectivity index (χ0v) is 19.2. The van der Waals surface area contributed by atoms with Crippen molar-refractivity contribution in [1.82, 2.24) is 4.90 Å². The maximum absolute atomic E-state index is 13.1. The predicted octanol–water partition coefficient (Wildman–Crippen LogP) is 3.84. The van der Waals surface area contributed by atoms with E-state index in [0.717, 1.165) is 44.7 Å². The van der Waals surface area contributed by atoms with Gasteiger partial charge in [-0.2, -0.15) is 0 Å². The normalized spacial score (nSPS) is 15.3. The number of sulfonamides is 1. The minimum Gasteiger partial charge on any atom is -0.478 e. The summed E-state index contributed by atoms with van der Waals surface area (Å²) >= 11 is 0. The van der Waals surface area contributed by atoms with Crippen LogP contribution >= 0.6 is 0 Å². The smallest absolute Gasteiger partial charge is 0.335 e. The Bertz CT molecular complexity index is 1010. The SMILES string of the molecule is CCCN1CCN(c2ccc(C(=O)O)cc2NS(=O)(=O)c2ccc(C(C)C)cc2)CC1. The number of benzene rings is 2. The van der Waals surface area contributed by atoms with E-state index in [1.54, 1.807) is 30.3 Å². The molecule has 0 bridgehead atoms. The summed E-state index contributed by atoms with van der Waals surface area (Å²) < 4.78 is 28.7. The van der Waals surface area contributed by atoms with Crippen LogP contribution in [0.2, 0.25) is 0 Å². The molecule has 1 saturated heterocycles. The first-order valence-electron chi connectivity index (χ1n) is 10.7. The number of carbonyl (C=O) groups is 1. The van der Waals surface area contributed by atoms with Crippen LogP contribution in [0.15, 0.2) is 47.4 Å². The van der Waals surface area contributed by atoms with Crippen molar-refractivity contribution in [3.8, 4) is 0 Å². The third-order valence-electron chi connectivity index (χ3n) is 5.60. The minimum absolute atomic E-state index is 0.0428. The molecule has 0 saturated carbocycles. The summed E-state index contributed by atoms with van der Waals surface area (Å²) in [6.07, 6.45) is 1.09. The van der Waals surface area contributed by atoms with Gasteiger partial charge in [0.15, 0.2) is 0 Å². The Labute approximate surface area is 184 Å². The molecule has 3 rings (SSSR count). The van der Waals surface area contributed by atoms with Gasteiger partial charge in [-0.3, -0.25) is 9.62 Å². The molecule has 2 N–H and O–H groups in total. The first kappa shape index (κ1) is 23.1. The number of carboxylic acid groups (broad SMARTS) is 1. The Kier molecular flexibility index (Phi) is 7.23. The van der Waals surface area contributed by atoms with E-state index in [4.69, 9.17) is 0 Å². The average molecular weight is 446 g/mol. The fourth-order valence-corrected chi connectivity index (χ4v) is 4.86. The molecule has 2 aromatic carbocycles. The number of hydrogen-bond donors (Lipinski definition) is 2. The number of carboxylic acids is 1. The van der Waals surface area contributed by atoms with Crippen molar-refractivity contribution in [3.05, 3.63) is 53.6 Å². The lowest BCUT2D eigenvalue weighted by molar-refractivity contribution is 0.0697. The largest absolute Gasteiger partial charge is 0.478 e. The lowest BCUT2D eigenvalue weighted by atomic mass is 10.0. The minimum atomic E-state index is -3.86. The summed E-state index contributed by atoms with van der Waals surface area (Å²) in [5, 5.41) is 9.40. The fraction of sp³-hybridized carbons (Fsp3) is 0.435. The van der Waals surface area contributed by atoms with E-state index in [-0.39, 0.29) is 16.1 Å². The zero-order chi connectivity index (χ0) is 22.6. The van der Waals surface area contributed by atoms with Crippen LogP contribution in [0.5, 0.6) is 0 Å². The monoisotopic (exact) mass is 445 g/mol. The number of rotatable bonds is 8. The molecule has 1 aliphatic rings. The number of nitrogens with zero attached hydrogens (tertiary/aromatic N) is 2. The van der Waals surface area contributed by atoms with Crippen LogP contribution in [0.1, 0.15) is 49.0 Å². The first-order chi connectivity index (χ1) is 14.7. The van der Waals surface area contributed by atoms with Crippen LogP contribution in [0.3, 0.4) is 0 Å².